The summed E-state index contributed by atoms with van der Waals surface area (Å²) in [4.78, 5) is 25.5. The standard InChI is InChI=1S/C23H29NO3.C21H28FN3O3/c1-24-13-11-23(12-14-24,20-6-3-2-4-7-20)21-18-19(8-9-22(21)26)10-17-27-16-5-15-25;1-23-20-19(27)8-5-17(21(20)28-14-13-26)9-10-24-11-12-25(2)15-16-3-6-18(22)7-4-16/h2-4,6-9,15,18,26H,5,10-14,16-17H2,1H3;3-8,13,23-24,27H,9-12,14-15H2,1-2H3. The molecule has 1 heterocycles. The third-order valence-electron chi connectivity index (χ3n) is 10.0. The number of aromatic hydroxyl groups is 2. The van der Waals surface area contributed by atoms with Gasteiger partial charge in [-0.25, -0.2) is 4.39 Å². The second kappa shape index (κ2) is 22.5. The molecule has 1 fully saturated rings. The molecule has 0 bridgehead atoms. The Morgan fingerprint density at radius 3 is 2.27 bits per heavy atom. The average molecular weight is 757 g/mol. The normalized spacial score (nSPS) is 13.8. The second-order valence-electron chi connectivity index (χ2n) is 14.0. The van der Waals surface area contributed by atoms with Crippen molar-refractivity contribution < 1.29 is 33.7 Å². The number of rotatable bonds is 20. The number of likely N-dealkylation sites (tertiary alicyclic amines) is 1. The number of hydrogen-bond acceptors (Lipinski definition) is 10. The largest absolute Gasteiger partial charge is 0.508 e. The van der Waals surface area contributed by atoms with E-state index in [1.54, 1.807) is 31.3 Å². The second-order valence-corrected chi connectivity index (χ2v) is 14.0. The lowest BCUT2D eigenvalue weighted by molar-refractivity contribution is -0.110. The van der Waals surface area contributed by atoms with Gasteiger partial charge in [-0.2, -0.15) is 0 Å². The van der Waals surface area contributed by atoms with Gasteiger partial charge in [0.25, 0.3) is 0 Å². The van der Waals surface area contributed by atoms with Gasteiger partial charge in [-0.1, -0.05) is 60.7 Å². The van der Waals surface area contributed by atoms with Gasteiger partial charge < -0.3 is 44.9 Å². The summed E-state index contributed by atoms with van der Waals surface area (Å²) >= 11 is 0. The highest BCUT2D eigenvalue weighted by Crippen LogP contribution is 2.45. The molecule has 0 aromatic heterocycles. The maximum Gasteiger partial charge on any atom is 0.157 e. The SMILES string of the molecule is CN1CCC(c2ccccc2)(c2cc(CCOCCC=O)ccc2O)CC1.CNc1c(O)ccc(CCNCCN(C)Cc2ccc(F)cc2)c1OCC=O. The summed E-state index contributed by atoms with van der Waals surface area (Å²) in [5, 5.41) is 27.0. The van der Waals surface area contributed by atoms with Crippen LogP contribution in [0.3, 0.4) is 0 Å². The minimum atomic E-state index is -0.222. The molecule has 11 heteroatoms. The quantitative estimate of drug-likeness (QED) is 0.0488. The Labute approximate surface area is 325 Å². The Morgan fingerprint density at radius 1 is 0.873 bits per heavy atom. The molecule has 0 aliphatic carbocycles. The molecule has 4 aromatic carbocycles. The molecule has 1 saturated heterocycles. The topological polar surface area (TPSA) is 124 Å². The Kier molecular flexibility index (Phi) is 17.6. The first-order valence-electron chi connectivity index (χ1n) is 19.0. The van der Waals surface area contributed by atoms with Gasteiger partial charge in [0.15, 0.2) is 6.29 Å². The minimum Gasteiger partial charge on any atom is -0.508 e. The van der Waals surface area contributed by atoms with Crippen LogP contribution in [0.15, 0.2) is 84.9 Å². The van der Waals surface area contributed by atoms with Crippen LogP contribution >= 0.6 is 0 Å². The zero-order valence-electron chi connectivity index (χ0n) is 32.4. The van der Waals surface area contributed by atoms with E-state index in [2.05, 4.69) is 57.8 Å². The Balaban J connectivity index is 0.000000245. The maximum atomic E-state index is 13.0. The molecule has 0 saturated carbocycles. The highest BCUT2D eigenvalue weighted by atomic mass is 19.1. The van der Waals surface area contributed by atoms with Crippen molar-refractivity contribution >= 4 is 18.3 Å². The van der Waals surface area contributed by atoms with Crippen LogP contribution in [0.5, 0.6) is 17.2 Å². The van der Waals surface area contributed by atoms with E-state index in [-0.39, 0.29) is 23.6 Å². The number of phenols is 2. The predicted octanol–water partition coefficient (Wildman–Crippen LogP) is 5.97. The fourth-order valence-corrected chi connectivity index (χ4v) is 6.95. The monoisotopic (exact) mass is 756 g/mol. The highest BCUT2D eigenvalue weighted by Gasteiger charge is 2.39. The fraction of sp³-hybridized carbons (Fsp3) is 0.409. The van der Waals surface area contributed by atoms with Crippen LogP contribution in [0.2, 0.25) is 0 Å². The van der Waals surface area contributed by atoms with Gasteiger partial charge in [0, 0.05) is 44.1 Å². The molecule has 0 spiro atoms. The number of phenolic OH excluding ortho intramolecular Hbond substituents is 2. The van der Waals surface area contributed by atoms with Gasteiger partial charge >= 0.3 is 0 Å². The lowest BCUT2D eigenvalue weighted by Gasteiger charge is -2.42. The maximum absolute atomic E-state index is 13.0. The number of aldehydes is 2. The first-order chi connectivity index (χ1) is 26.7. The van der Waals surface area contributed by atoms with Gasteiger partial charge in [-0.05, 0) is 106 Å². The van der Waals surface area contributed by atoms with Crippen molar-refractivity contribution in [1.82, 2.24) is 15.1 Å². The van der Waals surface area contributed by atoms with Crippen LogP contribution in [0.1, 0.15) is 47.1 Å². The molecular formula is C44H57FN4O6. The molecule has 10 nitrogen and oxygen atoms in total. The number of piperidine rings is 1. The Hall–Kier alpha value is -4.81. The van der Waals surface area contributed by atoms with E-state index >= 15 is 0 Å². The summed E-state index contributed by atoms with van der Waals surface area (Å²) in [5.74, 6) is 0.738. The molecule has 4 aromatic rings. The smallest absolute Gasteiger partial charge is 0.157 e. The lowest BCUT2D eigenvalue weighted by Crippen LogP contribution is -2.41. The Morgan fingerprint density at radius 2 is 1.58 bits per heavy atom. The van der Waals surface area contributed by atoms with Crippen LogP contribution in [0.25, 0.3) is 0 Å². The minimum absolute atomic E-state index is 0.0628. The fourth-order valence-electron chi connectivity index (χ4n) is 6.95. The van der Waals surface area contributed by atoms with Gasteiger partial charge in [0.1, 0.15) is 41.6 Å². The van der Waals surface area contributed by atoms with E-state index in [0.717, 1.165) is 87.1 Å². The van der Waals surface area contributed by atoms with E-state index < -0.39 is 0 Å². The number of likely N-dealkylation sites (N-methyl/N-ethyl adjacent to an activating group) is 1. The van der Waals surface area contributed by atoms with Crippen LogP contribution in [0, 0.1) is 5.82 Å². The molecule has 0 radical (unpaired) electrons. The van der Waals surface area contributed by atoms with E-state index in [9.17, 15) is 24.2 Å². The van der Waals surface area contributed by atoms with Crippen LogP contribution < -0.4 is 15.4 Å². The summed E-state index contributed by atoms with van der Waals surface area (Å²) in [6.07, 6.45) is 5.44. The zero-order chi connectivity index (χ0) is 39.5. The number of nitrogens with one attached hydrogen (secondary N) is 2. The van der Waals surface area contributed by atoms with Gasteiger partial charge in [-0.3, -0.25) is 4.79 Å². The predicted molar refractivity (Wildman–Crippen MR) is 216 cm³/mol. The molecule has 5 rings (SSSR count). The molecular weight excluding hydrogens is 700 g/mol. The highest BCUT2D eigenvalue weighted by molar-refractivity contribution is 5.69. The number of halogens is 1. The van der Waals surface area contributed by atoms with Crippen molar-refractivity contribution in [1.29, 1.82) is 0 Å². The van der Waals surface area contributed by atoms with Crippen molar-refractivity contribution in [2.75, 3.05) is 79.0 Å². The summed E-state index contributed by atoms with van der Waals surface area (Å²) in [6, 6.07) is 26.5. The lowest BCUT2D eigenvalue weighted by atomic mass is 9.67. The Bertz CT molecular complexity index is 1750. The van der Waals surface area contributed by atoms with E-state index in [0.29, 0.717) is 49.5 Å². The molecule has 0 atom stereocenters. The van der Waals surface area contributed by atoms with Crippen LogP contribution in [-0.4, -0.2) is 106 Å². The molecule has 55 heavy (non-hydrogen) atoms. The van der Waals surface area contributed by atoms with Crippen LogP contribution in [0.4, 0.5) is 10.1 Å². The number of carbonyl (C=O) groups excluding carboxylic acids is 2. The molecule has 1 aliphatic heterocycles. The first kappa shape index (κ1) is 42.9. The van der Waals surface area contributed by atoms with E-state index in [4.69, 9.17) is 9.47 Å². The van der Waals surface area contributed by atoms with Crippen LogP contribution in [-0.2, 0) is 39.1 Å². The van der Waals surface area contributed by atoms with Gasteiger partial charge in [0.05, 0.1) is 13.2 Å². The summed E-state index contributed by atoms with van der Waals surface area (Å²) < 4.78 is 24.0. The van der Waals surface area contributed by atoms with E-state index in [1.807, 2.05) is 25.2 Å². The number of ether oxygens (including phenoxy) is 2. The summed E-state index contributed by atoms with van der Waals surface area (Å²) in [7, 11) is 5.87. The van der Waals surface area contributed by atoms with Gasteiger partial charge in [0.2, 0.25) is 0 Å². The van der Waals surface area contributed by atoms with Crippen molar-refractivity contribution in [2.45, 2.75) is 44.1 Å². The van der Waals surface area contributed by atoms with Crippen molar-refractivity contribution in [3.05, 3.63) is 119 Å². The third kappa shape index (κ3) is 12.9. The van der Waals surface area contributed by atoms with Gasteiger partial charge in [-0.15, -0.1) is 0 Å². The average Bonchev–Trinajstić information content (AvgIpc) is 3.20. The van der Waals surface area contributed by atoms with Crippen molar-refractivity contribution in [3.63, 3.8) is 0 Å². The number of nitrogens with zero attached hydrogens (tertiary/aromatic N) is 2. The van der Waals surface area contributed by atoms with Crippen molar-refractivity contribution in [3.8, 4) is 17.2 Å². The summed E-state index contributed by atoms with van der Waals surface area (Å²) in [5.41, 5.74) is 5.76. The number of carbonyl (C=O) groups is 2. The number of benzene rings is 4. The molecule has 296 valence electrons. The van der Waals surface area contributed by atoms with Crippen molar-refractivity contribution in [2.24, 2.45) is 0 Å². The zero-order valence-corrected chi connectivity index (χ0v) is 32.4. The molecule has 0 unspecified atom stereocenters. The molecule has 1 aliphatic rings. The van der Waals surface area contributed by atoms with E-state index in [1.165, 1.54) is 17.7 Å². The third-order valence-corrected chi connectivity index (χ3v) is 10.0. The number of anilines is 1. The first-order valence-corrected chi connectivity index (χ1v) is 19.0. The summed E-state index contributed by atoms with van der Waals surface area (Å²) in [6.45, 7) is 6.15. The number of hydrogen-bond donors (Lipinski definition) is 4. The molecule has 0 amide bonds. The molecule has 4 N–H and O–H groups in total.